The molecule has 0 aromatic carbocycles. The summed E-state index contributed by atoms with van der Waals surface area (Å²) in [6.07, 6.45) is 28.7. The fraction of sp³-hybridized carbons (Fsp3) is 0.429. The smallest absolute Gasteiger partial charge is 0.240 e. The van der Waals surface area contributed by atoms with Gasteiger partial charge in [0.1, 0.15) is 0 Å². The van der Waals surface area contributed by atoms with Gasteiger partial charge in [-0.2, -0.15) is 0 Å². The molecule has 0 rings (SSSR count). The highest BCUT2D eigenvalue weighted by Gasteiger charge is 1.97. The molecule has 26 heavy (non-hydrogen) atoms. The van der Waals surface area contributed by atoms with Gasteiger partial charge in [0.05, 0.1) is 0 Å². The van der Waals surface area contributed by atoms with E-state index in [0.717, 1.165) is 44.9 Å². The highest BCUT2D eigenvalue weighted by Crippen LogP contribution is 1.99. The van der Waals surface area contributed by atoms with Crippen LogP contribution < -0.4 is 16.9 Å². The van der Waals surface area contributed by atoms with Crippen molar-refractivity contribution >= 4 is 11.9 Å². The molecule has 5 nitrogen and oxygen atoms in total. The van der Waals surface area contributed by atoms with E-state index >= 15 is 0 Å². The molecule has 0 aromatic heterocycles. The molecule has 0 heterocycles. The first-order valence-corrected chi connectivity index (χ1v) is 9.29. The second-order valence-corrected chi connectivity index (χ2v) is 5.67. The van der Waals surface area contributed by atoms with E-state index in [1.807, 2.05) is 0 Å². The number of carbonyl (C=O) groups is 1. The van der Waals surface area contributed by atoms with Gasteiger partial charge in [-0.25, -0.2) is 5.43 Å². The predicted molar refractivity (Wildman–Crippen MR) is 112 cm³/mol. The Kier molecular flexibility index (Phi) is 16.9. The largest absolute Gasteiger partial charge is 0.369 e. The summed E-state index contributed by atoms with van der Waals surface area (Å²) in [5.74, 6) is -0.318. The Bertz CT molecular complexity index is 524. The number of nitrogens with two attached hydrogens (primary N) is 2. The Morgan fingerprint density at radius 3 is 1.73 bits per heavy atom. The Labute approximate surface area is 158 Å². The first-order chi connectivity index (χ1) is 12.7. The molecule has 0 aromatic rings. The number of unbranched alkanes of at least 4 members (excludes halogenated alkanes) is 1. The number of nitrogens with one attached hydrogen (secondary N) is 1. The van der Waals surface area contributed by atoms with Crippen molar-refractivity contribution < 1.29 is 4.79 Å². The van der Waals surface area contributed by atoms with Gasteiger partial charge in [-0.15, -0.1) is 5.10 Å². The molecule has 0 aliphatic rings. The van der Waals surface area contributed by atoms with Crippen molar-refractivity contribution in [3.05, 3.63) is 60.8 Å². The average molecular weight is 359 g/mol. The van der Waals surface area contributed by atoms with E-state index in [4.69, 9.17) is 11.5 Å². The fourth-order valence-corrected chi connectivity index (χ4v) is 1.93. The summed E-state index contributed by atoms with van der Waals surface area (Å²) in [5, 5.41) is 3.45. The summed E-state index contributed by atoms with van der Waals surface area (Å²) >= 11 is 0. The first-order valence-electron chi connectivity index (χ1n) is 9.29. The third-order valence-corrected chi connectivity index (χ3v) is 3.24. The highest BCUT2D eigenvalue weighted by molar-refractivity contribution is 5.80. The van der Waals surface area contributed by atoms with E-state index in [1.165, 1.54) is 0 Å². The lowest BCUT2D eigenvalue weighted by Gasteiger charge is -1.98. The van der Waals surface area contributed by atoms with Gasteiger partial charge in [-0.3, -0.25) is 4.79 Å². The Hall–Kier alpha value is -2.56. The number of allylic oxidation sites excluding steroid dienone is 10. The number of amides is 1. The molecule has 0 saturated heterocycles. The number of hydrogen-bond acceptors (Lipinski definition) is 2. The van der Waals surface area contributed by atoms with E-state index in [1.54, 1.807) is 0 Å². The van der Waals surface area contributed by atoms with E-state index in [9.17, 15) is 4.79 Å². The van der Waals surface area contributed by atoms with Gasteiger partial charge in [0.25, 0.3) is 0 Å². The minimum Gasteiger partial charge on any atom is -0.369 e. The number of rotatable bonds is 14. The molecule has 0 atom stereocenters. The highest BCUT2D eigenvalue weighted by atomic mass is 16.2. The van der Waals surface area contributed by atoms with Crippen molar-refractivity contribution in [3.8, 4) is 0 Å². The Balaban J connectivity index is 3.55. The van der Waals surface area contributed by atoms with Gasteiger partial charge in [-0.05, 0) is 44.9 Å². The topological polar surface area (TPSA) is 93.5 Å². The third kappa shape index (κ3) is 19.5. The van der Waals surface area contributed by atoms with Gasteiger partial charge < -0.3 is 11.5 Å². The predicted octanol–water partition coefficient (Wildman–Crippen LogP) is 4.21. The van der Waals surface area contributed by atoms with Crippen molar-refractivity contribution in [2.24, 2.45) is 16.6 Å². The SMILES string of the molecule is CCC=CCC=CCC=CCC=CCC=CCCCC(=O)NN=C(N)N. The molecule has 0 fully saturated rings. The monoisotopic (exact) mass is 358 g/mol. The van der Waals surface area contributed by atoms with Crippen LogP contribution in [0.4, 0.5) is 0 Å². The van der Waals surface area contributed by atoms with E-state index in [-0.39, 0.29) is 11.9 Å². The molecule has 5 heteroatoms. The maximum atomic E-state index is 11.3. The van der Waals surface area contributed by atoms with E-state index in [2.05, 4.69) is 78.2 Å². The number of guanidine groups is 1. The van der Waals surface area contributed by atoms with Crippen molar-refractivity contribution in [3.63, 3.8) is 0 Å². The number of hydrogen-bond donors (Lipinski definition) is 3. The zero-order chi connectivity index (χ0) is 19.3. The Morgan fingerprint density at radius 2 is 1.27 bits per heavy atom. The zero-order valence-electron chi connectivity index (χ0n) is 15.9. The van der Waals surface area contributed by atoms with Gasteiger partial charge >= 0.3 is 0 Å². The van der Waals surface area contributed by atoms with Crippen LogP contribution in [0.3, 0.4) is 0 Å². The molecule has 0 radical (unpaired) electrons. The maximum Gasteiger partial charge on any atom is 0.240 e. The second kappa shape index (κ2) is 18.8. The van der Waals surface area contributed by atoms with Crippen LogP contribution in [0.15, 0.2) is 65.9 Å². The van der Waals surface area contributed by atoms with Crippen LogP contribution in [0.1, 0.15) is 58.3 Å². The van der Waals surface area contributed by atoms with Crippen LogP contribution in [0.2, 0.25) is 0 Å². The molecule has 0 aliphatic carbocycles. The van der Waals surface area contributed by atoms with E-state index < -0.39 is 0 Å². The number of nitrogens with zero attached hydrogens (tertiary/aromatic N) is 1. The summed E-state index contributed by atoms with van der Waals surface area (Å²) in [6, 6.07) is 0. The van der Waals surface area contributed by atoms with E-state index in [0.29, 0.717) is 6.42 Å². The summed E-state index contributed by atoms with van der Waals surface area (Å²) in [6.45, 7) is 2.14. The molecular weight excluding hydrogens is 324 g/mol. The minimum absolute atomic E-state index is 0.142. The summed E-state index contributed by atoms with van der Waals surface area (Å²) in [5.41, 5.74) is 12.5. The lowest BCUT2D eigenvalue weighted by Crippen LogP contribution is -2.28. The van der Waals surface area contributed by atoms with Crippen molar-refractivity contribution in [1.29, 1.82) is 0 Å². The molecule has 5 N–H and O–H groups in total. The van der Waals surface area contributed by atoms with Crippen LogP contribution in [0, 0.1) is 0 Å². The van der Waals surface area contributed by atoms with Gasteiger partial charge in [-0.1, -0.05) is 67.7 Å². The van der Waals surface area contributed by atoms with Gasteiger partial charge in [0.15, 0.2) is 0 Å². The van der Waals surface area contributed by atoms with Crippen LogP contribution in [-0.4, -0.2) is 11.9 Å². The maximum absolute atomic E-state index is 11.3. The molecule has 144 valence electrons. The minimum atomic E-state index is -0.175. The fourth-order valence-electron chi connectivity index (χ4n) is 1.93. The number of hydrazone groups is 1. The molecule has 0 bridgehead atoms. The summed E-state index contributed by atoms with van der Waals surface area (Å²) in [7, 11) is 0. The first kappa shape index (κ1) is 23.4. The van der Waals surface area contributed by atoms with Crippen LogP contribution >= 0.6 is 0 Å². The average Bonchev–Trinajstić information content (AvgIpc) is 2.62. The number of carbonyl (C=O) groups excluding carboxylic acids is 1. The lowest BCUT2D eigenvalue weighted by molar-refractivity contribution is -0.121. The van der Waals surface area contributed by atoms with Crippen molar-refractivity contribution in [2.75, 3.05) is 0 Å². The molecular formula is C21H34N4O. The molecule has 0 saturated carbocycles. The summed E-state index contributed by atoms with van der Waals surface area (Å²) < 4.78 is 0. The molecule has 0 aliphatic heterocycles. The van der Waals surface area contributed by atoms with Crippen molar-refractivity contribution in [2.45, 2.75) is 58.3 Å². The third-order valence-electron chi connectivity index (χ3n) is 3.24. The normalized spacial score (nSPS) is 12.2. The Morgan fingerprint density at radius 1 is 0.808 bits per heavy atom. The molecule has 0 spiro atoms. The molecule has 0 unspecified atom stereocenters. The van der Waals surface area contributed by atoms with Crippen LogP contribution in [0.25, 0.3) is 0 Å². The van der Waals surface area contributed by atoms with Gasteiger partial charge in [0, 0.05) is 6.42 Å². The lowest BCUT2D eigenvalue weighted by atomic mass is 10.2. The van der Waals surface area contributed by atoms with Crippen LogP contribution in [0.5, 0.6) is 0 Å². The molecule has 1 amide bonds. The zero-order valence-corrected chi connectivity index (χ0v) is 15.9. The summed E-state index contributed by atoms with van der Waals surface area (Å²) in [4.78, 5) is 11.3. The standard InChI is InChI=1S/C21H34N4O/c1-2-3-4-5-6-7-8-9-10-11-12-13-14-15-16-17-18-19-20(26)24-25-21(22)23/h3-4,6-7,9-10,12-13,15-16H,2,5,8,11,14,17-19H2,1H3,(H,24,26)(H4,22,23,25). The van der Waals surface area contributed by atoms with Gasteiger partial charge in [0.2, 0.25) is 11.9 Å². The van der Waals surface area contributed by atoms with Crippen molar-refractivity contribution in [1.82, 2.24) is 5.43 Å². The van der Waals surface area contributed by atoms with Crippen LogP contribution in [-0.2, 0) is 4.79 Å². The quantitative estimate of drug-likeness (QED) is 0.143. The second-order valence-electron chi connectivity index (χ2n) is 5.67.